The highest BCUT2D eigenvalue weighted by molar-refractivity contribution is 9.10. The first kappa shape index (κ1) is 25.3. The molecule has 0 aliphatic heterocycles. The van der Waals surface area contributed by atoms with E-state index in [-0.39, 0.29) is 18.4 Å². The molecule has 0 saturated carbocycles. The standard InChI is InChI=1S/C23H36BrN3O2/c1-2-3-4-5-6-7-8-9-10-11-12-17-22(28)25-19-23(29)27-26-18-20-15-13-14-16-21(20)24/h13-16,18H,2-12,17,19H2,1H3,(H,25,28)(H,27,29)/b26-18+. The Kier molecular flexibility index (Phi) is 15.0. The molecule has 1 aromatic rings. The van der Waals surface area contributed by atoms with Crippen molar-refractivity contribution in [2.75, 3.05) is 6.54 Å². The van der Waals surface area contributed by atoms with Crippen LogP contribution in [0.25, 0.3) is 0 Å². The molecule has 0 fully saturated rings. The second kappa shape index (κ2) is 17.2. The van der Waals surface area contributed by atoms with Gasteiger partial charge in [-0.25, -0.2) is 5.43 Å². The minimum absolute atomic E-state index is 0.0514. The first-order valence-electron chi connectivity index (χ1n) is 11.0. The molecule has 0 heterocycles. The van der Waals surface area contributed by atoms with E-state index in [0.29, 0.717) is 6.42 Å². The lowest BCUT2D eigenvalue weighted by Gasteiger charge is -2.05. The minimum Gasteiger partial charge on any atom is -0.347 e. The van der Waals surface area contributed by atoms with Crippen molar-refractivity contribution in [3.63, 3.8) is 0 Å². The van der Waals surface area contributed by atoms with Crippen LogP contribution in [0.2, 0.25) is 0 Å². The number of carbonyl (C=O) groups excluding carboxylic acids is 2. The molecule has 2 amide bonds. The SMILES string of the molecule is CCCCCCCCCCCCCC(=O)NCC(=O)N/N=C/c1ccccc1Br. The number of hydrogen-bond donors (Lipinski definition) is 2. The molecule has 162 valence electrons. The molecule has 0 bridgehead atoms. The fourth-order valence-corrected chi connectivity index (χ4v) is 3.40. The van der Waals surface area contributed by atoms with Crippen LogP contribution in [0.5, 0.6) is 0 Å². The lowest BCUT2D eigenvalue weighted by Crippen LogP contribution is -2.34. The fraction of sp³-hybridized carbons (Fsp3) is 0.609. The van der Waals surface area contributed by atoms with Crippen molar-refractivity contribution in [2.45, 2.75) is 84.0 Å². The Hall–Kier alpha value is -1.69. The Labute approximate surface area is 184 Å². The van der Waals surface area contributed by atoms with Crippen molar-refractivity contribution in [1.29, 1.82) is 0 Å². The molecule has 0 spiro atoms. The average Bonchev–Trinajstić information content (AvgIpc) is 2.72. The van der Waals surface area contributed by atoms with Gasteiger partial charge in [0.15, 0.2) is 0 Å². The van der Waals surface area contributed by atoms with E-state index in [1.807, 2.05) is 24.3 Å². The number of amides is 2. The van der Waals surface area contributed by atoms with Gasteiger partial charge in [0.25, 0.3) is 5.91 Å². The lowest BCUT2D eigenvalue weighted by atomic mass is 10.1. The molecule has 0 aromatic heterocycles. The van der Waals surface area contributed by atoms with Crippen LogP contribution < -0.4 is 10.7 Å². The molecule has 0 saturated heterocycles. The van der Waals surface area contributed by atoms with Crippen LogP contribution in [0, 0.1) is 0 Å². The number of hydrogen-bond acceptors (Lipinski definition) is 3. The molecule has 0 atom stereocenters. The highest BCUT2D eigenvalue weighted by atomic mass is 79.9. The van der Waals surface area contributed by atoms with Gasteiger partial charge in [-0.15, -0.1) is 0 Å². The first-order chi connectivity index (χ1) is 14.1. The van der Waals surface area contributed by atoms with Gasteiger partial charge in [-0.1, -0.05) is 105 Å². The van der Waals surface area contributed by atoms with Crippen molar-refractivity contribution in [1.82, 2.24) is 10.7 Å². The largest absolute Gasteiger partial charge is 0.347 e. The lowest BCUT2D eigenvalue weighted by molar-refractivity contribution is -0.126. The number of halogens is 1. The van der Waals surface area contributed by atoms with Gasteiger partial charge in [0, 0.05) is 16.5 Å². The average molecular weight is 466 g/mol. The maximum absolute atomic E-state index is 11.8. The molecule has 29 heavy (non-hydrogen) atoms. The van der Waals surface area contributed by atoms with E-state index in [2.05, 4.69) is 38.7 Å². The first-order valence-corrected chi connectivity index (χ1v) is 11.8. The van der Waals surface area contributed by atoms with Crippen molar-refractivity contribution < 1.29 is 9.59 Å². The van der Waals surface area contributed by atoms with Gasteiger partial charge < -0.3 is 5.32 Å². The molecule has 0 unspecified atom stereocenters. The minimum atomic E-state index is -0.333. The van der Waals surface area contributed by atoms with Gasteiger partial charge >= 0.3 is 0 Å². The molecule has 0 aliphatic rings. The number of rotatable bonds is 16. The van der Waals surface area contributed by atoms with Crippen molar-refractivity contribution in [2.24, 2.45) is 5.10 Å². The molecule has 6 heteroatoms. The van der Waals surface area contributed by atoms with Crippen molar-refractivity contribution in [3.05, 3.63) is 34.3 Å². The van der Waals surface area contributed by atoms with Crippen molar-refractivity contribution in [3.8, 4) is 0 Å². The smallest absolute Gasteiger partial charge is 0.259 e. The van der Waals surface area contributed by atoms with Gasteiger partial charge in [0.05, 0.1) is 12.8 Å². The summed E-state index contributed by atoms with van der Waals surface area (Å²) in [5, 5.41) is 6.55. The third-order valence-corrected chi connectivity index (χ3v) is 5.47. The Bertz CT molecular complexity index is 620. The van der Waals surface area contributed by atoms with Crippen LogP contribution in [0.1, 0.15) is 89.5 Å². The number of unbranched alkanes of at least 4 members (excludes halogenated alkanes) is 10. The Morgan fingerprint density at radius 3 is 2.10 bits per heavy atom. The predicted molar refractivity (Wildman–Crippen MR) is 124 cm³/mol. The van der Waals surface area contributed by atoms with Gasteiger partial charge in [-0.3, -0.25) is 9.59 Å². The van der Waals surface area contributed by atoms with Crippen LogP contribution in [-0.2, 0) is 9.59 Å². The molecular formula is C23H36BrN3O2. The third kappa shape index (κ3) is 14.0. The second-order valence-electron chi connectivity index (χ2n) is 7.38. The van der Waals surface area contributed by atoms with Gasteiger partial charge in [0.1, 0.15) is 0 Å². The second-order valence-corrected chi connectivity index (χ2v) is 8.23. The van der Waals surface area contributed by atoms with Crippen LogP contribution >= 0.6 is 15.9 Å². The molecule has 5 nitrogen and oxygen atoms in total. The number of nitrogens with zero attached hydrogens (tertiary/aromatic N) is 1. The van der Waals surface area contributed by atoms with E-state index in [1.54, 1.807) is 6.21 Å². The van der Waals surface area contributed by atoms with Crippen LogP contribution in [0.3, 0.4) is 0 Å². The summed E-state index contributed by atoms with van der Waals surface area (Å²) in [5.74, 6) is -0.411. The van der Waals surface area contributed by atoms with Crippen LogP contribution in [-0.4, -0.2) is 24.6 Å². The molecule has 2 N–H and O–H groups in total. The zero-order valence-corrected chi connectivity index (χ0v) is 19.3. The van der Waals surface area contributed by atoms with E-state index in [9.17, 15) is 9.59 Å². The summed E-state index contributed by atoms with van der Waals surface area (Å²) in [5.41, 5.74) is 3.29. The maximum Gasteiger partial charge on any atom is 0.259 e. The Morgan fingerprint density at radius 1 is 0.897 bits per heavy atom. The number of hydrazone groups is 1. The Balaban J connectivity index is 1.97. The fourth-order valence-electron chi connectivity index (χ4n) is 3.01. The van der Waals surface area contributed by atoms with E-state index in [0.717, 1.165) is 22.9 Å². The normalized spacial score (nSPS) is 11.0. The summed E-state index contributed by atoms with van der Waals surface area (Å²) in [6, 6.07) is 7.58. The molecule has 0 radical (unpaired) electrons. The molecule has 1 aromatic carbocycles. The molecule has 0 aliphatic carbocycles. The van der Waals surface area contributed by atoms with E-state index in [1.165, 1.54) is 57.8 Å². The zero-order chi connectivity index (χ0) is 21.2. The topological polar surface area (TPSA) is 70.6 Å². The highest BCUT2D eigenvalue weighted by Gasteiger charge is 2.04. The zero-order valence-electron chi connectivity index (χ0n) is 17.7. The number of nitrogens with one attached hydrogen (secondary N) is 2. The van der Waals surface area contributed by atoms with Gasteiger partial charge in [-0.2, -0.15) is 5.10 Å². The molecule has 1 rings (SSSR count). The number of benzene rings is 1. The predicted octanol–water partition coefficient (Wildman–Crippen LogP) is 5.72. The summed E-state index contributed by atoms with van der Waals surface area (Å²) >= 11 is 3.41. The van der Waals surface area contributed by atoms with Crippen LogP contribution in [0.4, 0.5) is 0 Å². The third-order valence-electron chi connectivity index (χ3n) is 4.75. The van der Waals surface area contributed by atoms with Gasteiger partial charge in [0.2, 0.25) is 5.91 Å². The van der Waals surface area contributed by atoms with E-state index in [4.69, 9.17) is 0 Å². The highest BCUT2D eigenvalue weighted by Crippen LogP contribution is 2.13. The monoisotopic (exact) mass is 465 g/mol. The van der Waals surface area contributed by atoms with E-state index < -0.39 is 0 Å². The summed E-state index contributed by atoms with van der Waals surface area (Å²) in [6.07, 6.45) is 15.9. The summed E-state index contributed by atoms with van der Waals surface area (Å²) in [4.78, 5) is 23.5. The van der Waals surface area contributed by atoms with Crippen molar-refractivity contribution >= 4 is 34.0 Å². The van der Waals surface area contributed by atoms with E-state index >= 15 is 0 Å². The summed E-state index contributed by atoms with van der Waals surface area (Å²) in [6.45, 7) is 2.19. The number of carbonyl (C=O) groups is 2. The van der Waals surface area contributed by atoms with Gasteiger partial charge in [-0.05, 0) is 12.5 Å². The maximum atomic E-state index is 11.8. The summed E-state index contributed by atoms with van der Waals surface area (Å²) < 4.78 is 0.901. The summed E-state index contributed by atoms with van der Waals surface area (Å²) in [7, 11) is 0. The molecular weight excluding hydrogens is 430 g/mol. The Morgan fingerprint density at radius 2 is 1.48 bits per heavy atom. The van der Waals surface area contributed by atoms with Crippen LogP contribution in [0.15, 0.2) is 33.8 Å². The quantitative estimate of drug-likeness (QED) is 0.186.